The lowest BCUT2D eigenvalue weighted by Gasteiger charge is -2.23. The van der Waals surface area contributed by atoms with E-state index < -0.39 is 0 Å². The molecule has 39 heavy (non-hydrogen) atoms. The average molecular weight is 561 g/mol. The minimum atomic E-state index is 0.362. The van der Waals surface area contributed by atoms with Crippen LogP contribution in [-0.4, -0.2) is 43.5 Å². The Hall–Kier alpha value is -3.40. The second kappa shape index (κ2) is 12.6. The number of nitrogens with zero attached hydrogens (tertiary/aromatic N) is 5. The Morgan fingerprint density at radius 2 is 2.00 bits per heavy atom. The second-order valence-corrected chi connectivity index (χ2v) is 10.3. The van der Waals surface area contributed by atoms with Gasteiger partial charge in [-0.15, -0.1) is 0 Å². The second-order valence-electron chi connectivity index (χ2n) is 9.06. The Balaban J connectivity index is 0.00000151. The zero-order valence-corrected chi connectivity index (χ0v) is 24.0. The van der Waals surface area contributed by atoms with Crippen molar-refractivity contribution in [1.29, 1.82) is 0 Å². The summed E-state index contributed by atoms with van der Waals surface area (Å²) in [6, 6.07) is 12.4. The summed E-state index contributed by atoms with van der Waals surface area (Å²) >= 11 is 7.73. The van der Waals surface area contributed by atoms with Crippen molar-refractivity contribution in [1.82, 2.24) is 29.7 Å². The molecule has 1 fully saturated rings. The minimum absolute atomic E-state index is 0.362. The number of benzene rings is 2. The van der Waals surface area contributed by atoms with Crippen molar-refractivity contribution < 1.29 is 0 Å². The van der Waals surface area contributed by atoms with Gasteiger partial charge in [0.05, 0.1) is 22.4 Å². The Labute approximate surface area is 238 Å². The number of hydrogen-bond donors (Lipinski definition) is 3. The van der Waals surface area contributed by atoms with Crippen LogP contribution in [-0.2, 0) is 6.42 Å². The molecular weight excluding hydrogens is 528 g/mol. The molecule has 0 saturated carbocycles. The Morgan fingerprint density at radius 1 is 1.13 bits per heavy atom. The molecule has 1 unspecified atom stereocenters. The summed E-state index contributed by atoms with van der Waals surface area (Å²) < 4.78 is 5.36. The standard InChI is InChI=1S/C27H27ClN8S.C2H6/c1-2-17-12-18(13-19-14-32-27(34-24(17)19)33-20-6-5-9-29-15-20)22-16-31-26-25(30-10-11-36(22)26)35-37-23-8-4-3-7-21(23)28;1-2/h3-4,7-8,10-14,16,20,29H,2,5-6,9,15H2,1H3,(H,30,35)(H,32,33,34);1-2H3. The molecule has 1 atom stereocenters. The molecule has 2 aromatic carbocycles. The number of anilines is 2. The van der Waals surface area contributed by atoms with Gasteiger partial charge in [0.1, 0.15) is 0 Å². The highest BCUT2D eigenvalue weighted by atomic mass is 35.5. The third kappa shape index (κ3) is 5.95. The van der Waals surface area contributed by atoms with Crippen molar-refractivity contribution in [2.24, 2.45) is 0 Å². The van der Waals surface area contributed by atoms with E-state index in [9.17, 15) is 0 Å². The summed E-state index contributed by atoms with van der Waals surface area (Å²) in [6.45, 7) is 8.18. The van der Waals surface area contributed by atoms with Gasteiger partial charge in [0, 0.05) is 47.0 Å². The van der Waals surface area contributed by atoms with Gasteiger partial charge in [0.2, 0.25) is 5.95 Å². The fourth-order valence-corrected chi connectivity index (χ4v) is 5.61. The van der Waals surface area contributed by atoms with E-state index in [4.69, 9.17) is 16.6 Å². The number of aryl methyl sites for hydroxylation is 1. The van der Waals surface area contributed by atoms with E-state index in [0.717, 1.165) is 58.6 Å². The fraction of sp³-hybridized carbons (Fsp3) is 0.310. The molecule has 3 aromatic heterocycles. The molecule has 10 heteroatoms. The minimum Gasteiger partial charge on any atom is -0.350 e. The summed E-state index contributed by atoms with van der Waals surface area (Å²) in [5.41, 5.74) is 4.95. The van der Waals surface area contributed by atoms with Crippen molar-refractivity contribution >= 4 is 51.9 Å². The van der Waals surface area contributed by atoms with Crippen LogP contribution in [0.5, 0.6) is 0 Å². The van der Waals surface area contributed by atoms with Crippen LogP contribution in [0.2, 0.25) is 5.02 Å². The van der Waals surface area contributed by atoms with Crippen LogP contribution in [0.1, 0.15) is 39.2 Å². The normalized spacial score (nSPS) is 15.1. The highest BCUT2D eigenvalue weighted by molar-refractivity contribution is 8.00. The molecule has 0 amide bonds. The summed E-state index contributed by atoms with van der Waals surface area (Å²) in [6.07, 6.45) is 10.7. The van der Waals surface area contributed by atoms with E-state index in [1.807, 2.05) is 56.7 Å². The number of piperidine rings is 1. The number of fused-ring (bicyclic) bond motifs is 2. The van der Waals surface area contributed by atoms with Crippen LogP contribution in [0.4, 0.5) is 11.8 Å². The lowest BCUT2D eigenvalue weighted by molar-refractivity contribution is 0.478. The maximum atomic E-state index is 6.31. The SMILES string of the molecule is CC.CCc1cc(-c2cnc3c(NSc4ccccc4Cl)nccn23)cc2cnc(NC3CCCNC3)nc12. The van der Waals surface area contributed by atoms with Gasteiger partial charge in [-0.25, -0.2) is 19.9 Å². The molecule has 5 aromatic rings. The van der Waals surface area contributed by atoms with Crippen LogP contribution in [0.3, 0.4) is 0 Å². The van der Waals surface area contributed by atoms with E-state index in [1.54, 1.807) is 6.20 Å². The van der Waals surface area contributed by atoms with Crippen molar-refractivity contribution in [3.8, 4) is 11.3 Å². The van der Waals surface area contributed by atoms with Gasteiger partial charge >= 0.3 is 0 Å². The predicted molar refractivity (Wildman–Crippen MR) is 163 cm³/mol. The van der Waals surface area contributed by atoms with Crippen molar-refractivity contribution in [2.45, 2.75) is 51.0 Å². The van der Waals surface area contributed by atoms with Crippen LogP contribution in [0.25, 0.3) is 27.8 Å². The number of nitrogens with one attached hydrogen (secondary N) is 3. The van der Waals surface area contributed by atoms with Crippen molar-refractivity contribution in [2.75, 3.05) is 23.1 Å². The zero-order valence-electron chi connectivity index (χ0n) is 22.4. The Morgan fingerprint density at radius 3 is 2.79 bits per heavy atom. The molecule has 6 rings (SSSR count). The van der Waals surface area contributed by atoms with E-state index in [-0.39, 0.29) is 0 Å². The van der Waals surface area contributed by atoms with E-state index in [1.165, 1.54) is 23.9 Å². The molecule has 3 N–H and O–H groups in total. The topological polar surface area (TPSA) is 92.1 Å². The van der Waals surface area contributed by atoms with Gasteiger partial charge in [-0.2, -0.15) is 0 Å². The van der Waals surface area contributed by atoms with E-state index in [2.05, 4.69) is 53.8 Å². The van der Waals surface area contributed by atoms with E-state index in [0.29, 0.717) is 22.8 Å². The largest absolute Gasteiger partial charge is 0.350 e. The summed E-state index contributed by atoms with van der Waals surface area (Å²) in [7, 11) is 0. The lowest BCUT2D eigenvalue weighted by Crippen LogP contribution is -2.38. The number of hydrogen-bond acceptors (Lipinski definition) is 8. The number of rotatable bonds is 7. The van der Waals surface area contributed by atoms with Crippen molar-refractivity contribution in [3.05, 3.63) is 71.8 Å². The molecule has 8 nitrogen and oxygen atoms in total. The molecule has 0 radical (unpaired) electrons. The predicted octanol–water partition coefficient (Wildman–Crippen LogP) is 6.86. The molecule has 0 spiro atoms. The quantitative estimate of drug-likeness (QED) is 0.186. The first-order chi connectivity index (χ1) is 19.2. The first kappa shape index (κ1) is 27.2. The molecule has 1 aliphatic heterocycles. The van der Waals surface area contributed by atoms with Gasteiger partial charge in [-0.05, 0) is 67.6 Å². The lowest BCUT2D eigenvalue weighted by atomic mass is 10.0. The number of aromatic nitrogens is 5. The van der Waals surface area contributed by atoms with Gasteiger partial charge in [0.15, 0.2) is 11.5 Å². The van der Waals surface area contributed by atoms with Crippen molar-refractivity contribution in [3.63, 3.8) is 0 Å². The van der Waals surface area contributed by atoms with Crippen LogP contribution in [0, 0.1) is 0 Å². The first-order valence-corrected chi connectivity index (χ1v) is 14.7. The highest BCUT2D eigenvalue weighted by Gasteiger charge is 2.16. The zero-order chi connectivity index (χ0) is 27.2. The van der Waals surface area contributed by atoms with Gasteiger partial charge in [-0.1, -0.05) is 44.5 Å². The van der Waals surface area contributed by atoms with Gasteiger partial charge in [0.25, 0.3) is 0 Å². The maximum Gasteiger partial charge on any atom is 0.223 e. The fourth-order valence-electron chi connectivity index (χ4n) is 4.70. The highest BCUT2D eigenvalue weighted by Crippen LogP contribution is 2.32. The Bertz CT molecular complexity index is 1560. The third-order valence-electron chi connectivity index (χ3n) is 6.59. The smallest absolute Gasteiger partial charge is 0.223 e. The first-order valence-electron chi connectivity index (χ1n) is 13.5. The van der Waals surface area contributed by atoms with Crippen LogP contribution in [0.15, 0.2) is 66.1 Å². The molecular formula is C29H33ClN8S. The van der Waals surface area contributed by atoms with Crippen LogP contribution >= 0.6 is 23.5 Å². The van der Waals surface area contributed by atoms with Gasteiger partial charge in [-0.3, -0.25) is 4.40 Å². The molecule has 4 heterocycles. The maximum absolute atomic E-state index is 6.31. The van der Waals surface area contributed by atoms with E-state index >= 15 is 0 Å². The monoisotopic (exact) mass is 560 g/mol. The molecule has 0 bridgehead atoms. The number of imidazole rings is 1. The number of halogens is 1. The average Bonchev–Trinajstić information content (AvgIpc) is 3.43. The molecule has 202 valence electrons. The molecule has 1 saturated heterocycles. The third-order valence-corrected chi connectivity index (χ3v) is 7.90. The Kier molecular flexibility index (Phi) is 8.81. The summed E-state index contributed by atoms with van der Waals surface area (Å²) in [5, 5.41) is 8.64. The van der Waals surface area contributed by atoms with Crippen LogP contribution < -0.4 is 15.4 Å². The molecule has 1 aliphatic rings. The molecule has 0 aliphatic carbocycles. The summed E-state index contributed by atoms with van der Waals surface area (Å²) in [5.74, 6) is 1.36. The van der Waals surface area contributed by atoms with Gasteiger partial charge < -0.3 is 15.4 Å². The summed E-state index contributed by atoms with van der Waals surface area (Å²) in [4.78, 5) is 19.6.